The highest BCUT2D eigenvalue weighted by Crippen LogP contribution is 2.50. The Morgan fingerprint density at radius 3 is 2.91 bits per heavy atom. The lowest BCUT2D eigenvalue weighted by Gasteiger charge is -2.30. The molecule has 1 aliphatic heterocycles. The lowest BCUT2D eigenvalue weighted by molar-refractivity contribution is -0.0116. The molecular formula is C19H24N2O2. The van der Waals surface area contributed by atoms with Gasteiger partial charge in [-0.05, 0) is 56.4 Å². The zero-order valence-electron chi connectivity index (χ0n) is 13.8. The van der Waals surface area contributed by atoms with E-state index >= 15 is 0 Å². The third-order valence-corrected chi connectivity index (χ3v) is 5.62. The Kier molecular flexibility index (Phi) is 3.54. The van der Waals surface area contributed by atoms with Crippen molar-refractivity contribution in [3.8, 4) is 0 Å². The van der Waals surface area contributed by atoms with Gasteiger partial charge in [-0.15, -0.1) is 0 Å². The fourth-order valence-electron chi connectivity index (χ4n) is 4.54. The van der Waals surface area contributed by atoms with Crippen LogP contribution in [0.2, 0.25) is 0 Å². The molecule has 2 aliphatic rings. The van der Waals surface area contributed by atoms with Crippen molar-refractivity contribution in [3.05, 3.63) is 53.2 Å². The predicted octanol–water partition coefficient (Wildman–Crippen LogP) is 3.02. The predicted molar refractivity (Wildman–Crippen MR) is 87.8 cm³/mol. The summed E-state index contributed by atoms with van der Waals surface area (Å²) in [5, 5.41) is 11.4. The van der Waals surface area contributed by atoms with Crippen LogP contribution in [0.3, 0.4) is 0 Å². The molecule has 3 heterocycles. The molecule has 1 N–H and O–H groups in total. The molecule has 122 valence electrons. The van der Waals surface area contributed by atoms with Gasteiger partial charge in [-0.3, -0.25) is 9.88 Å². The number of aliphatic hydroxyl groups is 1. The molecule has 23 heavy (non-hydrogen) atoms. The minimum Gasteiger partial charge on any atom is -0.465 e. The number of aryl methyl sites for hydroxylation is 2. The smallest absolute Gasteiger partial charge is 0.118 e. The fraction of sp³-hybridized carbons (Fsp3) is 0.526. The van der Waals surface area contributed by atoms with Crippen molar-refractivity contribution < 1.29 is 9.52 Å². The van der Waals surface area contributed by atoms with Gasteiger partial charge >= 0.3 is 0 Å². The topological polar surface area (TPSA) is 49.5 Å². The van der Waals surface area contributed by atoms with Gasteiger partial charge in [0.25, 0.3) is 0 Å². The summed E-state index contributed by atoms with van der Waals surface area (Å²) in [6.45, 7) is 6.81. The van der Waals surface area contributed by atoms with Gasteiger partial charge in [-0.25, -0.2) is 0 Å². The number of pyridine rings is 1. The Balaban J connectivity index is 1.54. The van der Waals surface area contributed by atoms with Crippen molar-refractivity contribution in [2.45, 2.75) is 38.8 Å². The second-order valence-electron chi connectivity index (χ2n) is 7.20. The number of fused-ring (bicyclic) bond motifs is 1. The summed E-state index contributed by atoms with van der Waals surface area (Å²) in [6.07, 6.45) is 3.70. The molecule has 2 aromatic heterocycles. The first-order chi connectivity index (χ1) is 11.1. The number of furan rings is 1. The molecule has 3 atom stereocenters. The fourth-order valence-corrected chi connectivity index (χ4v) is 4.54. The number of nitrogens with zero attached hydrogens (tertiary/aromatic N) is 2. The van der Waals surface area contributed by atoms with E-state index in [-0.39, 0.29) is 5.92 Å². The summed E-state index contributed by atoms with van der Waals surface area (Å²) in [7, 11) is 0. The first-order valence-corrected chi connectivity index (χ1v) is 8.48. The highest BCUT2D eigenvalue weighted by molar-refractivity contribution is 5.27. The van der Waals surface area contributed by atoms with Crippen molar-refractivity contribution in [1.82, 2.24) is 9.88 Å². The van der Waals surface area contributed by atoms with Gasteiger partial charge in [0.1, 0.15) is 17.1 Å². The van der Waals surface area contributed by atoms with Crippen molar-refractivity contribution in [3.63, 3.8) is 0 Å². The SMILES string of the molecule is Cc1ccc(CN2C[C@@H]3CC[C@@](O)(c4ncccc4C)[C@@H]3C2)o1. The molecule has 2 aromatic rings. The molecular weight excluding hydrogens is 288 g/mol. The van der Waals surface area contributed by atoms with Crippen molar-refractivity contribution in [1.29, 1.82) is 0 Å². The monoisotopic (exact) mass is 312 g/mol. The third-order valence-electron chi connectivity index (χ3n) is 5.62. The van der Waals surface area contributed by atoms with E-state index in [9.17, 15) is 5.11 Å². The molecule has 1 saturated heterocycles. The lowest BCUT2D eigenvalue weighted by Crippen LogP contribution is -2.36. The van der Waals surface area contributed by atoms with Crippen molar-refractivity contribution in [2.75, 3.05) is 13.1 Å². The normalized spacial score (nSPS) is 30.7. The first-order valence-electron chi connectivity index (χ1n) is 8.48. The van der Waals surface area contributed by atoms with Gasteiger partial charge in [-0.2, -0.15) is 0 Å². The molecule has 2 fully saturated rings. The maximum atomic E-state index is 11.4. The molecule has 0 amide bonds. The summed E-state index contributed by atoms with van der Waals surface area (Å²) in [5.41, 5.74) is 1.20. The van der Waals surface area contributed by atoms with Crippen LogP contribution in [0, 0.1) is 25.7 Å². The van der Waals surface area contributed by atoms with Crippen molar-refractivity contribution >= 4 is 0 Å². The van der Waals surface area contributed by atoms with E-state index in [0.29, 0.717) is 5.92 Å². The summed E-state index contributed by atoms with van der Waals surface area (Å²) >= 11 is 0. The van der Waals surface area contributed by atoms with Crippen LogP contribution in [0.15, 0.2) is 34.9 Å². The zero-order chi connectivity index (χ0) is 16.0. The third kappa shape index (κ3) is 2.50. The Morgan fingerprint density at radius 1 is 1.30 bits per heavy atom. The molecule has 0 spiro atoms. The molecule has 0 radical (unpaired) electrons. The number of likely N-dealkylation sites (tertiary alicyclic amines) is 1. The second-order valence-corrected chi connectivity index (χ2v) is 7.20. The van der Waals surface area contributed by atoms with Crippen LogP contribution >= 0.6 is 0 Å². The van der Waals surface area contributed by atoms with E-state index < -0.39 is 5.60 Å². The van der Waals surface area contributed by atoms with Gasteiger partial charge in [0, 0.05) is 25.2 Å². The zero-order valence-corrected chi connectivity index (χ0v) is 13.8. The molecule has 4 nitrogen and oxygen atoms in total. The number of hydrogen-bond acceptors (Lipinski definition) is 4. The Labute approximate surface area is 137 Å². The minimum atomic E-state index is -0.774. The van der Waals surface area contributed by atoms with Crippen LogP contribution in [-0.2, 0) is 12.1 Å². The Bertz CT molecular complexity index is 711. The van der Waals surface area contributed by atoms with E-state index in [1.165, 1.54) is 0 Å². The van der Waals surface area contributed by atoms with Gasteiger partial charge < -0.3 is 9.52 Å². The maximum absolute atomic E-state index is 11.4. The van der Waals surface area contributed by atoms with Gasteiger partial charge in [-0.1, -0.05) is 6.07 Å². The van der Waals surface area contributed by atoms with Crippen LogP contribution < -0.4 is 0 Å². The van der Waals surface area contributed by atoms with Crippen LogP contribution in [0.4, 0.5) is 0 Å². The minimum absolute atomic E-state index is 0.271. The van der Waals surface area contributed by atoms with E-state index in [1.54, 1.807) is 6.20 Å². The Hall–Kier alpha value is -1.65. The summed E-state index contributed by atoms with van der Waals surface area (Å²) in [5.74, 6) is 2.80. The van der Waals surface area contributed by atoms with Crippen molar-refractivity contribution in [2.24, 2.45) is 11.8 Å². The molecule has 0 unspecified atom stereocenters. The number of rotatable bonds is 3. The number of hydrogen-bond donors (Lipinski definition) is 1. The van der Waals surface area contributed by atoms with Crippen LogP contribution in [0.5, 0.6) is 0 Å². The van der Waals surface area contributed by atoms with Gasteiger partial charge in [0.05, 0.1) is 12.2 Å². The quantitative estimate of drug-likeness (QED) is 0.946. The summed E-state index contributed by atoms with van der Waals surface area (Å²) in [6, 6.07) is 8.05. The summed E-state index contributed by atoms with van der Waals surface area (Å²) < 4.78 is 5.71. The molecule has 1 aliphatic carbocycles. The van der Waals surface area contributed by atoms with Crippen LogP contribution in [0.1, 0.15) is 35.6 Å². The average Bonchev–Trinajstić information content (AvgIpc) is 3.19. The van der Waals surface area contributed by atoms with Crippen LogP contribution in [-0.4, -0.2) is 28.1 Å². The van der Waals surface area contributed by atoms with Gasteiger partial charge in [0.2, 0.25) is 0 Å². The molecule has 1 saturated carbocycles. The molecule has 4 heteroatoms. The lowest BCUT2D eigenvalue weighted by atomic mass is 9.83. The molecule has 0 aromatic carbocycles. The van der Waals surface area contributed by atoms with E-state index in [0.717, 1.165) is 55.3 Å². The highest BCUT2D eigenvalue weighted by Gasteiger charge is 2.53. The average molecular weight is 312 g/mol. The van der Waals surface area contributed by atoms with E-state index in [4.69, 9.17) is 4.42 Å². The van der Waals surface area contributed by atoms with E-state index in [2.05, 4.69) is 16.0 Å². The van der Waals surface area contributed by atoms with Gasteiger partial charge in [0.15, 0.2) is 0 Å². The first kappa shape index (κ1) is 14.9. The maximum Gasteiger partial charge on any atom is 0.118 e. The Morgan fingerprint density at radius 2 is 2.17 bits per heavy atom. The standard InChI is InChI=1S/C19H24N2O2/c1-13-4-3-9-20-18(13)19(22)8-7-15-10-21(12-17(15)19)11-16-6-5-14(2)23-16/h3-6,9,15,17,22H,7-8,10-12H2,1-2H3/t15-,17+,19-/m0/s1. The number of aromatic nitrogens is 1. The highest BCUT2D eigenvalue weighted by atomic mass is 16.3. The second kappa shape index (κ2) is 5.46. The van der Waals surface area contributed by atoms with Crippen LogP contribution in [0.25, 0.3) is 0 Å². The van der Waals surface area contributed by atoms with E-state index in [1.807, 2.05) is 32.0 Å². The summed E-state index contributed by atoms with van der Waals surface area (Å²) in [4.78, 5) is 6.93. The largest absolute Gasteiger partial charge is 0.465 e. The molecule has 0 bridgehead atoms. The molecule has 4 rings (SSSR count).